The lowest BCUT2D eigenvalue weighted by atomic mass is 9.99. The summed E-state index contributed by atoms with van der Waals surface area (Å²) in [7, 11) is 0. The Morgan fingerprint density at radius 2 is 2.06 bits per heavy atom. The summed E-state index contributed by atoms with van der Waals surface area (Å²) in [6, 6.07) is 1.17. The Labute approximate surface area is 107 Å². The summed E-state index contributed by atoms with van der Waals surface area (Å²) in [6.45, 7) is 15.5. The highest BCUT2D eigenvalue weighted by molar-refractivity contribution is 4.85. The molecule has 0 amide bonds. The molecule has 0 aromatic rings. The third-order valence-electron chi connectivity index (χ3n) is 3.63. The number of nitrogens with zero attached hydrogens (tertiary/aromatic N) is 1. The number of hydrogen-bond acceptors (Lipinski definition) is 3. The Balaban J connectivity index is 2.54. The van der Waals surface area contributed by atoms with Gasteiger partial charge in [0.25, 0.3) is 0 Å². The molecule has 0 bridgehead atoms. The fourth-order valence-electron chi connectivity index (χ4n) is 2.55. The van der Waals surface area contributed by atoms with Crippen LogP contribution in [0.2, 0.25) is 0 Å². The average Bonchev–Trinajstić information content (AvgIpc) is 2.28. The van der Waals surface area contributed by atoms with Crippen LogP contribution >= 0.6 is 0 Å². The molecule has 1 rings (SSSR count). The van der Waals surface area contributed by atoms with Crippen molar-refractivity contribution in [1.82, 2.24) is 10.2 Å². The van der Waals surface area contributed by atoms with Crippen LogP contribution in [-0.2, 0) is 4.74 Å². The second-order valence-electron chi connectivity index (χ2n) is 5.71. The van der Waals surface area contributed by atoms with E-state index in [2.05, 4.69) is 44.8 Å². The van der Waals surface area contributed by atoms with E-state index in [9.17, 15) is 0 Å². The lowest BCUT2D eigenvalue weighted by Gasteiger charge is -2.43. The second-order valence-corrected chi connectivity index (χ2v) is 5.71. The summed E-state index contributed by atoms with van der Waals surface area (Å²) in [5.41, 5.74) is 0. The Kier molecular flexibility index (Phi) is 6.45. The molecule has 1 heterocycles. The highest BCUT2D eigenvalue weighted by Gasteiger charge is 2.30. The topological polar surface area (TPSA) is 24.5 Å². The smallest absolute Gasteiger partial charge is 0.0674 e. The highest BCUT2D eigenvalue weighted by atomic mass is 16.5. The SMILES string of the molecule is CCCNCC(C(C)C)N1CC(C)OCC1C. The van der Waals surface area contributed by atoms with E-state index in [-0.39, 0.29) is 0 Å². The van der Waals surface area contributed by atoms with Crippen LogP contribution in [0.15, 0.2) is 0 Å². The average molecular weight is 242 g/mol. The molecule has 3 heteroatoms. The van der Waals surface area contributed by atoms with Crippen molar-refractivity contribution in [2.45, 2.75) is 59.2 Å². The first-order valence-electron chi connectivity index (χ1n) is 7.14. The van der Waals surface area contributed by atoms with Crippen molar-refractivity contribution in [1.29, 1.82) is 0 Å². The van der Waals surface area contributed by atoms with Crippen molar-refractivity contribution >= 4 is 0 Å². The van der Waals surface area contributed by atoms with Gasteiger partial charge in [0, 0.05) is 25.2 Å². The van der Waals surface area contributed by atoms with Gasteiger partial charge in [-0.15, -0.1) is 0 Å². The first kappa shape index (κ1) is 14.9. The van der Waals surface area contributed by atoms with Gasteiger partial charge in [0.1, 0.15) is 0 Å². The lowest BCUT2D eigenvalue weighted by molar-refractivity contribution is -0.0724. The first-order chi connectivity index (χ1) is 8.06. The Bertz CT molecular complexity index is 208. The molecule has 3 atom stereocenters. The van der Waals surface area contributed by atoms with Gasteiger partial charge in [0.05, 0.1) is 12.7 Å². The zero-order valence-electron chi connectivity index (χ0n) is 12.2. The van der Waals surface area contributed by atoms with E-state index in [1.165, 1.54) is 6.42 Å². The molecule has 3 unspecified atom stereocenters. The molecule has 1 saturated heterocycles. The van der Waals surface area contributed by atoms with E-state index in [0.29, 0.717) is 24.1 Å². The zero-order chi connectivity index (χ0) is 12.8. The maximum absolute atomic E-state index is 5.71. The maximum Gasteiger partial charge on any atom is 0.0674 e. The van der Waals surface area contributed by atoms with Crippen molar-refractivity contribution in [3.05, 3.63) is 0 Å². The van der Waals surface area contributed by atoms with Gasteiger partial charge in [-0.25, -0.2) is 0 Å². The van der Waals surface area contributed by atoms with Crippen molar-refractivity contribution < 1.29 is 4.74 Å². The van der Waals surface area contributed by atoms with E-state index < -0.39 is 0 Å². The van der Waals surface area contributed by atoms with Crippen molar-refractivity contribution in [3.8, 4) is 0 Å². The zero-order valence-corrected chi connectivity index (χ0v) is 12.2. The standard InChI is InChI=1S/C14H30N2O/c1-6-7-15-8-14(11(2)3)16-9-13(5)17-10-12(16)4/h11-15H,6-10H2,1-5H3. The van der Waals surface area contributed by atoms with Gasteiger partial charge in [-0.2, -0.15) is 0 Å². The number of ether oxygens (including phenoxy) is 1. The van der Waals surface area contributed by atoms with E-state index in [0.717, 1.165) is 26.2 Å². The van der Waals surface area contributed by atoms with Crippen LogP contribution in [0.4, 0.5) is 0 Å². The molecule has 17 heavy (non-hydrogen) atoms. The molecule has 0 aromatic heterocycles. The predicted molar refractivity (Wildman–Crippen MR) is 73.4 cm³/mol. The molecule has 102 valence electrons. The molecule has 0 radical (unpaired) electrons. The van der Waals surface area contributed by atoms with Crippen LogP contribution in [0.3, 0.4) is 0 Å². The van der Waals surface area contributed by atoms with Gasteiger partial charge < -0.3 is 10.1 Å². The van der Waals surface area contributed by atoms with E-state index in [1.54, 1.807) is 0 Å². The third-order valence-corrected chi connectivity index (χ3v) is 3.63. The maximum atomic E-state index is 5.71. The molecule has 0 aromatic carbocycles. The molecule has 1 N–H and O–H groups in total. The van der Waals surface area contributed by atoms with Crippen LogP contribution in [0, 0.1) is 5.92 Å². The minimum Gasteiger partial charge on any atom is -0.376 e. The van der Waals surface area contributed by atoms with Crippen molar-refractivity contribution in [3.63, 3.8) is 0 Å². The van der Waals surface area contributed by atoms with Crippen molar-refractivity contribution in [2.24, 2.45) is 5.92 Å². The predicted octanol–water partition coefficient (Wildman–Crippen LogP) is 2.12. The van der Waals surface area contributed by atoms with Crippen molar-refractivity contribution in [2.75, 3.05) is 26.2 Å². The number of hydrogen-bond donors (Lipinski definition) is 1. The Morgan fingerprint density at radius 3 is 2.65 bits per heavy atom. The normalized spacial score (nSPS) is 28.6. The lowest BCUT2D eigenvalue weighted by Crippen LogP contribution is -2.56. The number of nitrogens with one attached hydrogen (secondary N) is 1. The summed E-state index contributed by atoms with van der Waals surface area (Å²) in [4.78, 5) is 2.63. The van der Waals surface area contributed by atoms with Crippen LogP contribution < -0.4 is 5.32 Å². The minimum absolute atomic E-state index is 0.374. The van der Waals surface area contributed by atoms with E-state index in [4.69, 9.17) is 4.74 Å². The highest BCUT2D eigenvalue weighted by Crippen LogP contribution is 2.19. The number of rotatable bonds is 6. The van der Waals surface area contributed by atoms with Crippen LogP contribution in [0.25, 0.3) is 0 Å². The molecule has 0 aliphatic carbocycles. The molecule has 1 fully saturated rings. The molecule has 0 saturated carbocycles. The quantitative estimate of drug-likeness (QED) is 0.722. The van der Waals surface area contributed by atoms with Gasteiger partial charge in [-0.3, -0.25) is 4.90 Å². The van der Waals surface area contributed by atoms with E-state index in [1.807, 2.05) is 0 Å². The summed E-state index contributed by atoms with van der Waals surface area (Å²) in [5.74, 6) is 0.687. The summed E-state index contributed by atoms with van der Waals surface area (Å²) < 4.78 is 5.71. The molecular formula is C14H30N2O. The van der Waals surface area contributed by atoms with Crippen LogP contribution in [0.5, 0.6) is 0 Å². The third kappa shape index (κ3) is 4.57. The largest absolute Gasteiger partial charge is 0.376 e. The van der Waals surface area contributed by atoms with E-state index >= 15 is 0 Å². The van der Waals surface area contributed by atoms with Crippen LogP contribution in [-0.4, -0.2) is 49.3 Å². The second kappa shape index (κ2) is 7.34. The first-order valence-corrected chi connectivity index (χ1v) is 7.14. The van der Waals surface area contributed by atoms with Gasteiger partial charge in [0.2, 0.25) is 0 Å². The summed E-state index contributed by atoms with van der Waals surface area (Å²) >= 11 is 0. The molecule has 0 spiro atoms. The van der Waals surface area contributed by atoms with Gasteiger partial charge >= 0.3 is 0 Å². The van der Waals surface area contributed by atoms with Gasteiger partial charge in [-0.05, 0) is 32.7 Å². The summed E-state index contributed by atoms with van der Waals surface area (Å²) in [6.07, 6.45) is 1.58. The molecule has 1 aliphatic rings. The minimum atomic E-state index is 0.374. The molecule has 3 nitrogen and oxygen atoms in total. The monoisotopic (exact) mass is 242 g/mol. The van der Waals surface area contributed by atoms with Crippen LogP contribution in [0.1, 0.15) is 41.0 Å². The fraction of sp³-hybridized carbons (Fsp3) is 1.00. The fourth-order valence-corrected chi connectivity index (χ4v) is 2.55. The Hall–Kier alpha value is -0.120. The number of morpholine rings is 1. The van der Waals surface area contributed by atoms with Gasteiger partial charge in [0.15, 0.2) is 0 Å². The Morgan fingerprint density at radius 1 is 1.35 bits per heavy atom. The molecular weight excluding hydrogens is 212 g/mol. The van der Waals surface area contributed by atoms with Gasteiger partial charge in [-0.1, -0.05) is 20.8 Å². The summed E-state index contributed by atoms with van der Waals surface area (Å²) in [5, 5.41) is 3.57. The molecule has 1 aliphatic heterocycles.